The van der Waals surface area contributed by atoms with E-state index in [-0.39, 0.29) is 12.4 Å². The number of benzene rings is 18. The van der Waals surface area contributed by atoms with Gasteiger partial charge in [-0.3, -0.25) is 0 Å². The lowest BCUT2D eigenvalue weighted by molar-refractivity contribution is 0.282. The second kappa shape index (κ2) is 40.3. The highest BCUT2D eigenvalue weighted by Crippen LogP contribution is 2.50. The quantitative estimate of drug-likeness (QED) is 0.0511. The van der Waals surface area contributed by atoms with Crippen molar-refractivity contribution in [3.63, 3.8) is 0 Å². The molecule has 0 aromatic heterocycles. The molecular formula is C131H109FN2O2. The molecule has 0 heterocycles. The third-order valence-electron chi connectivity index (χ3n) is 27.5. The number of hydrogen-bond acceptors (Lipinski definition) is 4. The minimum atomic E-state index is -0.271. The van der Waals surface area contributed by atoms with Gasteiger partial charge in [0, 0.05) is 39.7 Å². The molecule has 136 heavy (non-hydrogen) atoms. The van der Waals surface area contributed by atoms with E-state index in [2.05, 4.69) is 432 Å². The van der Waals surface area contributed by atoms with Gasteiger partial charge < -0.3 is 19.6 Å². The second-order valence-corrected chi connectivity index (χ2v) is 36.3. The Hall–Kier alpha value is -15.8. The monoisotopic (exact) mass is 1760 g/mol. The fourth-order valence-electron chi connectivity index (χ4n) is 20.2. The molecule has 0 fully saturated rings. The van der Waals surface area contributed by atoms with Crippen LogP contribution in [0.1, 0.15) is 156 Å². The van der Waals surface area contributed by atoms with Gasteiger partial charge in [-0.15, -0.1) is 0 Å². The Morgan fingerprint density at radius 3 is 1.25 bits per heavy atom. The molecule has 5 heteroatoms. The number of nitrogens with zero attached hydrogens (tertiary/aromatic N) is 2. The van der Waals surface area contributed by atoms with Gasteiger partial charge in [0.15, 0.2) is 0 Å². The summed E-state index contributed by atoms with van der Waals surface area (Å²) < 4.78 is 22.4. The smallest absolute Gasteiger partial charge is 0.132 e. The minimum Gasteiger partial charge on any atom is -0.497 e. The van der Waals surface area contributed by atoms with E-state index in [1.54, 1.807) is 13.2 Å². The molecule has 0 aliphatic heterocycles. The highest BCUT2D eigenvalue weighted by Gasteiger charge is 2.28. The van der Waals surface area contributed by atoms with Crippen molar-refractivity contribution < 1.29 is 14.2 Å². The zero-order valence-corrected chi connectivity index (χ0v) is 77.8. The zero-order chi connectivity index (χ0) is 92.4. The fourth-order valence-corrected chi connectivity index (χ4v) is 20.2. The Balaban J connectivity index is 0.000000170. The van der Waals surface area contributed by atoms with Crippen LogP contribution in [-0.4, -0.2) is 12.2 Å². The average Bonchev–Trinajstić information content (AvgIpc) is 1.34. The van der Waals surface area contributed by atoms with Gasteiger partial charge in [0.05, 0.1) is 13.7 Å². The fraction of sp³-hybridized carbons (Fsp3) is 0.115. The maximum absolute atomic E-state index is 16.8. The number of hydrogen-bond donors (Lipinski definition) is 1. The maximum atomic E-state index is 16.8. The van der Waals surface area contributed by atoms with E-state index in [1.807, 2.05) is 42.5 Å². The molecule has 3 aliphatic carbocycles. The molecule has 0 saturated carbocycles. The van der Waals surface area contributed by atoms with Crippen molar-refractivity contribution in [2.45, 2.75) is 92.1 Å². The highest BCUT2D eigenvalue weighted by atomic mass is 19.1. The van der Waals surface area contributed by atoms with Crippen LogP contribution in [0.5, 0.6) is 5.75 Å². The topological polar surface area (TPSA) is 35.9 Å². The number of fused-ring (bicyclic) bond motifs is 7. The number of aliphatic hydroxyl groups excluding tert-OH is 1. The molecule has 0 spiro atoms. The first-order valence-corrected chi connectivity index (χ1v) is 47.8. The van der Waals surface area contributed by atoms with Crippen LogP contribution < -0.4 is 14.5 Å². The molecule has 3 aliphatic rings. The third kappa shape index (κ3) is 19.2. The van der Waals surface area contributed by atoms with Crippen molar-refractivity contribution in [2.75, 3.05) is 16.9 Å². The van der Waals surface area contributed by atoms with Gasteiger partial charge >= 0.3 is 0 Å². The third-order valence-corrected chi connectivity index (χ3v) is 27.5. The maximum Gasteiger partial charge on any atom is 0.132 e. The van der Waals surface area contributed by atoms with Gasteiger partial charge in [-0.25, -0.2) is 4.39 Å². The van der Waals surface area contributed by atoms with Crippen LogP contribution in [0.2, 0.25) is 0 Å². The van der Waals surface area contributed by atoms with Crippen LogP contribution in [0.15, 0.2) is 436 Å². The van der Waals surface area contributed by atoms with Crippen LogP contribution in [0.3, 0.4) is 0 Å². The van der Waals surface area contributed by atoms with Gasteiger partial charge in [0.1, 0.15) is 11.6 Å². The predicted octanol–water partition coefficient (Wildman–Crippen LogP) is 34.0. The van der Waals surface area contributed by atoms with Gasteiger partial charge in [0.25, 0.3) is 0 Å². The highest BCUT2D eigenvalue weighted by molar-refractivity contribution is 6.13. The lowest BCUT2D eigenvalue weighted by Crippen LogP contribution is -2.12. The lowest BCUT2D eigenvalue weighted by atomic mass is 9.86. The number of anilines is 6. The molecule has 18 aromatic rings. The summed E-state index contributed by atoms with van der Waals surface area (Å²) in [6.45, 7) is 8.71. The number of aliphatic hydroxyl groups is 1. The van der Waals surface area contributed by atoms with Crippen molar-refractivity contribution >= 4 is 107 Å². The second-order valence-electron chi connectivity index (χ2n) is 36.3. The number of rotatable bonds is 23. The van der Waals surface area contributed by atoms with Crippen LogP contribution in [0.25, 0.3) is 83.8 Å². The average molecular weight is 1760 g/mol. The first kappa shape index (κ1) is 88.2. The van der Waals surface area contributed by atoms with Crippen molar-refractivity contribution in [2.24, 2.45) is 0 Å². The van der Waals surface area contributed by atoms with Crippen molar-refractivity contribution in [3.8, 4) is 16.9 Å². The molecule has 0 unspecified atom stereocenters. The normalized spacial score (nSPS) is 12.7. The van der Waals surface area contributed by atoms with E-state index in [1.165, 1.54) is 159 Å². The van der Waals surface area contributed by atoms with Crippen LogP contribution >= 0.6 is 0 Å². The molecule has 0 bridgehead atoms. The molecule has 21 rings (SSSR count). The van der Waals surface area contributed by atoms with Gasteiger partial charge in [-0.05, 0) is 366 Å². The van der Waals surface area contributed by atoms with Crippen LogP contribution in [0.4, 0.5) is 38.5 Å². The van der Waals surface area contributed by atoms with E-state index in [4.69, 9.17) is 4.74 Å². The summed E-state index contributed by atoms with van der Waals surface area (Å²) in [5.74, 6) is 0.543. The Kier molecular flexibility index (Phi) is 26.1. The minimum absolute atomic E-state index is 0.00230. The van der Waals surface area contributed by atoms with E-state index in [0.29, 0.717) is 5.56 Å². The summed E-state index contributed by atoms with van der Waals surface area (Å²) in [6, 6.07) is 150. The number of methoxy groups -OCH3 is 1. The molecule has 0 radical (unpaired) electrons. The summed E-state index contributed by atoms with van der Waals surface area (Å²) in [6.07, 6.45) is 18.6. The Morgan fingerprint density at radius 1 is 0.324 bits per heavy atom. The van der Waals surface area contributed by atoms with Crippen molar-refractivity contribution in [3.05, 3.63) is 559 Å². The molecular weight excluding hydrogens is 1650 g/mol. The van der Waals surface area contributed by atoms with E-state index < -0.39 is 0 Å². The van der Waals surface area contributed by atoms with Gasteiger partial charge in [0.2, 0.25) is 0 Å². The summed E-state index contributed by atoms with van der Waals surface area (Å²) in [5.41, 5.74) is 42.7. The molecule has 1 N–H and O–H groups in total. The van der Waals surface area contributed by atoms with E-state index in [9.17, 15) is 5.11 Å². The number of halogens is 1. The van der Waals surface area contributed by atoms with E-state index >= 15 is 4.39 Å². The Bertz CT molecular complexity index is 7380. The lowest BCUT2D eigenvalue weighted by Gasteiger charge is -2.28. The van der Waals surface area contributed by atoms with Crippen molar-refractivity contribution in [1.82, 2.24) is 0 Å². The van der Waals surface area contributed by atoms with Crippen LogP contribution in [-0.2, 0) is 38.7 Å². The molecule has 662 valence electrons. The number of ether oxygens (including phenoxy) is 1. The SMILES string of the molecule is CC(=C(c1ccc(C)cc1)c1ccc(C)cc1)c1ccc(N(c2ccc(/C=C/C(=C3c4ccccc4-c4ccccc43)c3ccccc3)c(F)c2)c2ccc3c(c2)CCCC3)cc1.COc1ccc(/C(=C(\Cc2ccccc2)c2ccc(N(c3ccc(/C=C/C(C)=C(c4ccc5ccccc5c4)c4ccc5ccccc5c4)cc3)c3ccc4c(c3)CCCC4)cc2)c2ccc(CO)cc2)cc1. The standard InChI is InChI=1S/C70H59NO2.C61H50FN/c1-49(69(62-30-28-53-14-6-9-17-59(53)45-62)63-31-29-54-15-7-10-18-60(54)46-63)20-21-50-24-37-64(38-25-50)71(66-41-32-55-16-8-11-19-61(55)47-66)65-39-33-56(34-40-65)68(44-51-12-4-3-5-13-51)70(57-26-22-52(48-72)23-27-57)58-35-42-67(73-2)43-36-58;1-41-21-25-48(26-22-41)60(49-27-23-42(2)24-28-49)43(3)44-29-34-51(35-30-44)63(52-36-31-45-13-7-8-16-50(45)39-52)53-37-32-47(59(62)40-53)33-38-54(46-14-5-4-6-15-46)61-57-19-11-9-17-55(57)56-18-10-12-20-58(56)61/h3-7,9-10,12-15,17-18,20-43,45-47,72H,8,11,16,19,44,48H2,1-2H3;4-6,9-12,14-15,17-40H,7-8,13,16H2,1-3H3/b21-20+,70-68+;38-33+. The predicted molar refractivity (Wildman–Crippen MR) is 573 cm³/mol. The van der Waals surface area contributed by atoms with Gasteiger partial charge in [-0.2, -0.15) is 0 Å². The molecule has 18 aromatic carbocycles. The summed E-state index contributed by atoms with van der Waals surface area (Å²) in [4.78, 5) is 4.62. The molecule has 0 amide bonds. The van der Waals surface area contributed by atoms with E-state index in [0.717, 1.165) is 128 Å². The summed E-state index contributed by atoms with van der Waals surface area (Å²) in [5, 5.41) is 14.9. The molecule has 0 saturated heterocycles. The largest absolute Gasteiger partial charge is 0.497 e. The van der Waals surface area contributed by atoms with Gasteiger partial charge in [-0.1, -0.05) is 351 Å². The Labute approximate surface area is 800 Å². The number of aryl methyl sites for hydroxylation is 6. The molecule has 0 atom stereocenters. The molecule has 4 nitrogen and oxygen atoms in total. The summed E-state index contributed by atoms with van der Waals surface area (Å²) >= 11 is 0. The van der Waals surface area contributed by atoms with Crippen LogP contribution in [0, 0.1) is 19.7 Å². The Morgan fingerprint density at radius 2 is 0.735 bits per heavy atom. The first-order valence-electron chi connectivity index (χ1n) is 47.8. The summed E-state index contributed by atoms with van der Waals surface area (Å²) in [7, 11) is 1.71. The zero-order valence-electron chi connectivity index (χ0n) is 77.8. The van der Waals surface area contributed by atoms with Crippen molar-refractivity contribution in [1.29, 1.82) is 0 Å². The number of allylic oxidation sites excluding steroid dienone is 6. The first-order chi connectivity index (χ1) is 66.9.